The van der Waals surface area contributed by atoms with Gasteiger partial charge in [-0.15, -0.1) is 0 Å². The normalized spacial score (nSPS) is 10.4. The first kappa shape index (κ1) is 7.54. The van der Waals surface area contributed by atoms with Crippen LogP contribution in [0.4, 0.5) is 11.4 Å². The van der Waals surface area contributed by atoms with Crippen molar-refractivity contribution in [1.82, 2.24) is 0 Å². The molecule has 0 aliphatic heterocycles. The molecule has 0 aliphatic carbocycles. The third kappa shape index (κ3) is 1.01. The van der Waals surface area contributed by atoms with Gasteiger partial charge in [-0.25, -0.2) is 0 Å². The molecule has 0 amide bonds. The molecule has 0 radical (unpaired) electrons. The summed E-state index contributed by atoms with van der Waals surface area (Å²) in [7, 11) is 8.05. The van der Waals surface area contributed by atoms with Crippen LogP contribution < -0.4 is 9.80 Å². The summed E-state index contributed by atoms with van der Waals surface area (Å²) in [4.78, 5) is 4.11. The summed E-state index contributed by atoms with van der Waals surface area (Å²) >= 11 is 5.09. The molecule has 56 valence electrons. The van der Waals surface area contributed by atoms with Crippen LogP contribution in [-0.4, -0.2) is 28.2 Å². The van der Waals surface area contributed by atoms with Gasteiger partial charge in [0.1, 0.15) is 0 Å². The molecule has 0 aromatic heterocycles. The fourth-order valence-corrected chi connectivity index (χ4v) is 1.49. The Morgan fingerprint density at radius 2 is 1.20 bits per heavy atom. The third-order valence-electron chi connectivity index (χ3n) is 1.49. The highest BCUT2D eigenvalue weighted by atomic mass is 32.1. The summed E-state index contributed by atoms with van der Waals surface area (Å²) < 4.78 is 1.01. The van der Waals surface area contributed by atoms with Crippen molar-refractivity contribution >= 4 is 23.6 Å². The van der Waals surface area contributed by atoms with Gasteiger partial charge >= 0.3 is 0 Å². The van der Waals surface area contributed by atoms with E-state index in [1.165, 1.54) is 11.4 Å². The molecule has 0 fully saturated rings. The SMILES string of the molecule is CN(C)c1c(N(C)C)c1=S. The Balaban J connectivity index is 2.80. The van der Waals surface area contributed by atoms with Crippen LogP contribution in [0.2, 0.25) is 0 Å². The van der Waals surface area contributed by atoms with E-state index in [-0.39, 0.29) is 0 Å². The van der Waals surface area contributed by atoms with Crippen LogP contribution >= 0.6 is 12.2 Å². The van der Waals surface area contributed by atoms with Gasteiger partial charge in [0.05, 0.1) is 15.9 Å². The molecule has 0 unspecified atom stereocenters. The Hall–Kier alpha value is -0.570. The highest BCUT2D eigenvalue weighted by Crippen LogP contribution is 2.41. The number of nitrogens with zero attached hydrogens (tertiary/aromatic N) is 2. The Bertz CT molecular complexity index is 220. The third-order valence-corrected chi connectivity index (χ3v) is 1.87. The second-order valence-corrected chi connectivity index (χ2v) is 3.22. The van der Waals surface area contributed by atoms with Crippen molar-refractivity contribution in [3.05, 3.63) is 4.51 Å². The molecule has 0 atom stereocenters. The van der Waals surface area contributed by atoms with E-state index in [0.717, 1.165) is 4.51 Å². The first-order chi connectivity index (χ1) is 4.55. The zero-order valence-corrected chi connectivity index (χ0v) is 7.62. The molecule has 10 heavy (non-hydrogen) atoms. The van der Waals surface area contributed by atoms with Crippen LogP contribution in [0, 0.1) is 4.51 Å². The van der Waals surface area contributed by atoms with Gasteiger partial charge in [-0.2, -0.15) is 0 Å². The number of anilines is 2. The van der Waals surface area contributed by atoms with E-state index in [1.54, 1.807) is 0 Å². The van der Waals surface area contributed by atoms with Crippen LogP contribution in [0.25, 0.3) is 0 Å². The summed E-state index contributed by atoms with van der Waals surface area (Å²) in [6, 6.07) is 0. The Labute approximate surface area is 66.7 Å². The van der Waals surface area contributed by atoms with Crippen LogP contribution in [-0.2, 0) is 0 Å². The van der Waals surface area contributed by atoms with E-state index in [1.807, 2.05) is 28.2 Å². The molecule has 0 heterocycles. The number of hydrogen-bond donors (Lipinski definition) is 0. The van der Waals surface area contributed by atoms with Crippen LogP contribution in [0.1, 0.15) is 0 Å². The maximum absolute atomic E-state index is 5.09. The molecule has 0 N–H and O–H groups in total. The summed E-state index contributed by atoms with van der Waals surface area (Å²) in [6.07, 6.45) is 0. The van der Waals surface area contributed by atoms with Crippen molar-refractivity contribution in [2.45, 2.75) is 0 Å². The molecule has 1 aromatic rings. The molecular weight excluding hydrogens is 144 g/mol. The number of hydrogen-bond acceptors (Lipinski definition) is 3. The highest BCUT2D eigenvalue weighted by Gasteiger charge is 2.21. The number of rotatable bonds is 2. The topological polar surface area (TPSA) is 6.48 Å². The van der Waals surface area contributed by atoms with Crippen molar-refractivity contribution in [2.75, 3.05) is 38.0 Å². The van der Waals surface area contributed by atoms with Gasteiger partial charge in [-0.1, -0.05) is 12.2 Å². The summed E-state index contributed by atoms with van der Waals surface area (Å²) in [5.74, 6) is 0. The first-order valence-electron chi connectivity index (χ1n) is 3.19. The van der Waals surface area contributed by atoms with Crippen LogP contribution in [0.3, 0.4) is 0 Å². The van der Waals surface area contributed by atoms with Gasteiger partial charge in [-0.05, 0) is 0 Å². The van der Waals surface area contributed by atoms with E-state index in [2.05, 4.69) is 9.80 Å². The molecule has 0 aliphatic rings. The van der Waals surface area contributed by atoms with Gasteiger partial charge < -0.3 is 9.80 Å². The molecule has 0 saturated carbocycles. The quantitative estimate of drug-likeness (QED) is 0.598. The Kier molecular flexibility index (Phi) is 1.68. The van der Waals surface area contributed by atoms with Crippen LogP contribution in [0.15, 0.2) is 0 Å². The second-order valence-electron chi connectivity index (χ2n) is 2.82. The highest BCUT2D eigenvalue weighted by molar-refractivity contribution is 7.72. The zero-order valence-electron chi connectivity index (χ0n) is 6.80. The minimum absolute atomic E-state index is 1.01. The van der Waals surface area contributed by atoms with Crippen LogP contribution in [0.5, 0.6) is 0 Å². The zero-order chi connectivity index (χ0) is 7.89. The van der Waals surface area contributed by atoms with E-state index >= 15 is 0 Å². The van der Waals surface area contributed by atoms with E-state index < -0.39 is 0 Å². The van der Waals surface area contributed by atoms with Crippen molar-refractivity contribution in [1.29, 1.82) is 0 Å². The fourth-order valence-electron chi connectivity index (χ4n) is 0.982. The standard InChI is InChI=1S/C7H12N2S/c1-8(2)5-6(7(5)10)9(3)4/h1-4H3. The summed E-state index contributed by atoms with van der Waals surface area (Å²) in [5, 5.41) is 0. The lowest BCUT2D eigenvalue weighted by Gasteiger charge is -2.08. The molecule has 3 heteroatoms. The predicted octanol–water partition coefficient (Wildman–Crippen LogP) is 1.42. The van der Waals surface area contributed by atoms with Crippen molar-refractivity contribution in [2.24, 2.45) is 0 Å². The van der Waals surface area contributed by atoms with Gasteiger partial charge in [0, 0.05) is 28.2 Å². The summed E-state index contributed by atoms with van der Waals surface area (Å²) in [6.45, 7) is 0. The van der Waals surface area contributed by atoms with Gasteiger partial charge in [0.15, 0.2) is 0 Å². The van der Waals surface area contributed by atoms with Gasteiger partial charge in [0.25, 0.3) is 0 Å². The second kappa shape index (κ2) is 2.23. The smallest absolute Gasteiger partial charge is 0.0887 e. The molecule has 2 nitrogen and oxygen atoms in total. The molecule has 1 rings (SSSR count). The maximum Gasteiger partial charge on any atom is 0.0887 e. The monoisotopic (exact) mass is 156 g/mol. The first-order valence-corrected chi connectivity index (χ1v) is 3.60. The minimum Gasteiger partial charge on any atom is -0.375 e. The van der Waals surface area contributed by atoms with Crippen molar-refractivity contribution in [3.63, 3.8) is 0 Å². The fraction of sp³-hybridized carbons (Fsp3) is 0.571. The lowest BCUT2D eigenvalue weighted by molar-refractivity contribution is 1.12. The van der Waals surface area contributed by atoms with E-state index in [0.29, 0.717) is 0 Å². The predicted molar refractivity (Wildman–Crippen MR) is 48.3 cm³/mol. The average Bonchev–Trinajstić information content (AvgIpc) is 2.40. The molecule has 0 spiro atoms. The lowest BCUT2D eigenvalue weighted by Crippen LogP contribution is -2.08. The summed E-state index contributed by atoms with van der Waals surface area (Å²) in [5.41, 5.74) is 2.42. The molecule has 0 bridgehead atoms. The maximum atomic E-state index is 5.09. The Morgan fingerprint density at radius 3 is 1.30 bits per heavy atom. The van der Waals surface area contributed by atoms with Crippen molar-refractivity contribution in [3.8, 4) is 0 Å². The largest absolute Gasteiger partial charge is 0.375 e. The average molecular weight is 156 g/mol. The molecular formula is C7H12N2S. The van der Waals surface area contributed by atoms with E-state index in [9.17, 15) is 0 Å². The van der Waals surface area contributed by atoms with Crippen molar-refractivity contribution < 1.29 is 0 Å². The molecule has 0 saturated heterocycles. The van der Waals surface area contributed by atoms with Gasteiger partial charge in [0.2, 0.25) is 0 Å². The van der Waals surface area contributed by atoms with E-state index in [4.69, 9.17) is 12.2 Å². The molecule has 1 aromatic carbocycles. The van der Waals surface area contributed by atoms with Gasteiger partial charge in [-0.3, -0.25) is 0 Å². The lowest BCUT2D eigenvalue weighted by atomic mass is 10.7. The Morgan fingerprint density at radius 1 is 0.900 bits per heavy atom. The minimum atomic E-state index is 1.01.